The summed E-state index contributed by atoms with van der Waals surface area (Å²) in [5.41, 5.74) is 2.99. The lowest BCUT2D eigenvalue weighted by Gasteiger charge is -2.13. The maximum Gasteiger partial charge on any atom is 0.292 e. The Morgan fingerprint density at radius 2 is 1.80 bits per heavy atom. The molecular formula is C18H23N5O2. The van der Waals surface area contributed by atoms with Crippen molar-refractivity contribution in [2.75, 3.05) is 25.5 Å². The van der Waals surface area contributed by atoms with Crippen LogP contribution < -0.4 is 16.0 Å². The third-order valence-corrected chi connectivity index (χ3v) is 3.64. The molecule has 0 unspecified atom stereocenters. The van der Waals surface area contributed by atoms with Crippen LogP contribution in [-0.4, -0.2) is 31.0 Å². The van der Waals surface area contributed by atoms with Crippen LogP contribution in [0.3, 0.4) is 0 Å². The predicted octanol–water partition coefficient (Wildman–Crippen LogP) is 2.68. The van der Waals surface area contributed by atoms with Gasteiger partial charge < -0.3 is 16.0 Å². The Kier molecular flexibility index (Phi) is 6.76. The molecule has 0 aliphatic heterocycles. The highest BCUT2D eigenvalue weighted by Gasteiger charge is 2.11. The van der Waals surface area contributed by atoms with Gasteiger partial charge in [-0.15, -0.1) is 0 Å². The molecule has 2 rings (SSSR count). The highest BCUT2D eigenvalue weighted by atomic mass is 16.6. The van der Waals surface area contributed by atoms with Gasteiger partial charge in [0.25, 0.3) is 5.69 Å². The van der Waals surface area contributed by atoms with E-state index in [-0.39, 0.29) is 5.69 Å². The van der Waals surface area contributed by atoms with Gasteiger partial charge in [0.05, 0.1) is 4.92 Å². The van der Waals surface area contributed by atoms with Crippen molar-refractivity contribution in [3.05, 3.63) is 69.8 Å². The minimum absolute atomic E-state index is 0.0735. The van der Waals surface area contributed by atoms with E-state index in [1.807, 2.05) is 0 Å². The largest absolute Gasteiger partial charge is 0.378 e. The maximum atomic E-state index is 11.0. The van der Waals surface area contributed by atoms with Gasteiger partial charge in [-0.2, -0.15) is 0 Å². The fourth-order valence-electron chi connectivity index (χ4n) is 2.27. The summed E-state index contributed by atoms with van der Waals surface area (Å²) in [7, 11) is 1.71. The number of nitrogens with zero attached hydrogens (tertiary/aromatic N) is 2. The number of nitro benzene ring substituents is 1. The van der Waals surface area contributed by atoms with E-state index in [1.165, 1.54) is 17.2 Å². The Hall–Kier alpha value is -3.09. The fourth-order valence-corrected chi connectivity index (χ4v) is 2.27. The Morgan fingerprint density at radius 1 is 1.08 bits per heavy atom. The molecule has 0 bridgehead atoms. The van der Waals surface area contributed by atoms with Crippen LogP contribution in [0.1, 0.15) is 11.1 Å². The van der Waals surface area contributed by atoms with E-state index < -0.39 is 4.92 Å². The van der Waals surface area contributed by atoms with Crippen molar-refractivity contribution >= 4 is 17.3 Å². The molecule has 0 saturated carbocycles. The van der Waals surface area contributed by atoms with Gasteiger partial charge in [-0.25, -0.2) is 0 Å². The van der Waals surface area contributed by atoms with Gasteiger partial charge in [0, 0.05) is 32.7 Å². The molecule has 0 radical (unpaired) electrons. The number of anilines is 1. The topological polar surface area (TPSA) is 91.6 Å². The van der Waals surface area contributed by atoms with Crippen LogP contribution in [-0.2, 0) is 6.54 Å². The molecule has 0 heterocycles. The molecule has 0 amide bonds. The highest BCUT2D eigenvalue weighted by molar-refractivity contribution is 5.79. The van der Waals surface area contributed by atoms with Crippen LogP contribution in [0.2, 0.25) is 0 Å². The number of rotatable bonds is 7. The van der Waals surface area contributed by atoms with E-state index in [0.29, 0.717) is 31.3 Å². The zero-order chi connectivity index (χ0) is 18.1. The average molecular weight is 341 g/mol. The normalized spacial score (nSPS) is 11.0. The molecule has 25 heavy (non-hydrogen) atoms. The van der Waals surface area contributed by atoms with Gasteiger partial charge >= 0.3 is 0 Å². The summed E-state index contributed by atoms with van der Waals surface area (Å²) in [6, 6.07) is 14.9. The summed E-state index contributed by atoms with van der Waals surface area (Å²) >= 11 is 0. The lowest BCUT2D eigenvalue weighted by atomic mass is 10.1. The number of para-hydroxylation sites is 2. The number of hydrogen-bond donors (Lipinski definition) is 3. The third-order valence-electron chi connectivity index (χ3n) is 3.64. The second kappa shape index (κ2) is 9.27. The van der Waals surface area contributed by atoms with Crippen molar-refractivity contribution in [3.63, 3.8) is 0 Å². The van der Waals surface area contributed by atoms with Gasteiger partial charge in [-0.05, 0) is 18.6 Å². The summed E-state index contributed by atoms with van der Waals surface area (Å²) < 4.78 is 0. The number of benzene rings is 2. The van der Waals surface area contributed by atoms with Crippen LogP contribution >= 0.6 is 0 Å². The van der Waals surface area contributed by atoms with Gasteiger partial charge in [0.2, 0.25) is 0 Å². The fraction of sp³-hybridized carbons (Fsp3) is 0.278. The molecule has 2 aromatic carbocycles. The summed E-state index contributed by atoms with van der Waals surface area (Å²) in [5.74, 6) is 0.685. The molecular weight excluding hydrogens is 318 g/mol. The summed E-state index contributed by atoms with van der Waals surface area (Å²) in [5, 5.41) is 20.5. The van der Waals surface area contributed by atoms with Crippen LogP contribution in [0.4, 0.5) is 11.4 Å². The molecule has 0 aromatic heterocycles. The predicted molar refractivity (Wildman–Crippen MR) is 101 cm³/mol. The van der Waals surface area contributed by atoms with Crippen molar-refractivity contribution in [2.45, 2.75) is 13.5 Å². The zero-order valence-electron chi connectivity index (χ0n) is 14.5. The number of aliphatic imine (C=N–C) groups is 1. The lowest BCUT2D eigenvalue weighted by Crippen LogP contribution is -2.39. The molecule has 0 fully saturated rings. The second-order valence-electron chi connectivity index (χ2n) is 5.54. The zero-order valence-corrected chi connectivity index (χ0v) is 14.5. The number of aryl methyl sites for hydroxylation is 1. The highest BCUT2D eigenvalue weighted by Crippen LogP contribution is 2.22. The lowest BCUT2D eigenvalue weighted by molar-refractivity contribution is -0.384. The van der Waals surface area contributed by atoms with Crippen LogP contribution in [0.15, 0.2) is 53.5 Å². The van der Waals surface area contributed by atoms with Crippen molar-refractivity contribution in [1.29, 1.82) is 0 Å². The molecule has 2 aromatic rings. The van der Waals surface area contributed by atoms with Crippen LogP contribution in [0.25, 0.3) is 0 Å². The van der Waals surface area contributed by atoms with Crippen molar-refractivity contribution in [1.82, 2.24) is 10.6 Å². The Balaban J connectivity index is 1.76. The first-order valence-corrected chi connectivity index (χ1v) is 8.07. The monoisotopic (exact) mass is 341 g/mol. The number of guanidine groups is 1. The molecule has 7 heteroatoms. The smallest absolute Gasteiger partial charge is 0.292 e. The van der Waals surface area contributed by atoms with Crippen LogP contribution in [0.5, 0.6) is 0 Å². The number of hydrogen-bond acceptors (Lipinski definition) is 4. The van der Waals surface area contributed by atoms with Gasteiger partial charge in [-0.3, -0.25) is 15.1 Å². The van der Waals surface area contributed by atoms with Crippen molar-refractivity contribution < 1.29 is 4.92 Å². The van der Waals surface area contributed by atoms with Crippen molar-refractivity contribution in [2.24, 2.45) is 4.99 Å². The first-order valence-electron chi connectivity index (χ1n) is 8.07. The van der Waals surface area contributed by atoms with E-state index in [0.717, 1.165) is 0 Å². The van der Waals surface area contributed by atoms with Gasteiger partial charge in [-0.1, -0.05) is 42.0 Å². The minimum Gasteiger partial charge on any atom is -0.378 e. The average Bonchev–Trinajstić information content (AvgIpc) is 2.62. The van der Waals surface area contributed by atoms with Crippen LogP contribution in [0, 0.1) is 17.0 Å². The first-order chi connectivity index (χ1) is 12.1. The molecule has 0 aliphatic carbocycles. The second-order valence-corrected chi connectivity index (χ2v) is 5.54. The Bertz CT molecular complexity index is 729. The maximum absolute atomic E-state index is 11.0. The van der Waals surface area contributed by atoms with Crippen molar-refractivity contribution in [3.8, 4) is 0 Å². The molecule has 7 nitrogen and oxygen atoms in total. The van der Waals surface area contributed by atoms with Gasteiger partial charge in [0.1, 0.15) is 5.69 Å². The molecule has 132 valence electrons. The first kappa shape index (κ1) is 18.3. The Morgan fingerprint density at radius 3 is 2.48 bits per heavy atom. The molecule has 0 aliphatic rings. The summed E-state index contributed by atoms with van der Waals surface area (Å²) in [6.45, 7) is 3.86. The van der Waals surface area contributed by atoms with E-state index in [9.17, 15) is 10.1 Å². The SMILES string of the molecule is CN=C(NCCNc1ccccc1[N+](=O)[O-])NCc1ccc(C)cc1. The quantitative estimate of drug-likeness (QED) is 0.237. The van der Waals surface area contributed by atoms with E-state index >= 15 is 0 Å². The summed E-state index contributed by atoms with van der Waals surface area (Å²) in [4.78, 5) is 14.7. The van der Waals surface area contributed by atoms with E-state index in [1.54, 1.807) is 25.2 Å². The van der Waals surface area contributed by atoms with E-state index in [2.05, 4.69) is 52.1 Å². The molecule has 0 spiro atoms. The molecule has 0 saturated heterocycles. The number of nitro groups is 1. The summed E-state index contributed by atoms with van der Waals surface area (Å²) in [6.07, 6.45) is 0. The Labute approximate surface area is 147 Å². The molecule has 3 N–H and O–H groups in total. The number of nitrogens with one attached hydrogen (secondary N) is 3. The third kappa shape index (κ3) is 5.80. The molecule has 0 atom stereocenters. The van der Waals surface area contributed by atoms with Gasteiger partial charge in [0.15, 0.2) is 5.96 Å². The standard InChI is InChI=1S/C18H23N5O2/c1-14-7-9-15(10-8-14)13-22-18(19-2)21-12-11-20-16-5-3-4-6-17(16)23(24)25/h3-10,20H,11-13H2,1-2H3,(H2,19,21,22). The minimum atomic E-state index is -0.391. The van der Waals surface area contributed by atoms with E-state index in [4.69, 9.17) is 0 Å².